The maximum atomic E-state index is 11.8. The number of nitrogens with one attached hydrogen (secondary N) is 1. The molecule has 4 heteroatoms. The van der Waals surface area contributed by atoms with E-state index in [1.807, 2.05) is 33.8 Å². The zero-order valence-corrected chi connectivity index (χ0v) is 10.7. The number of aromatic nitrogens is 1. The number of carbonyl (C=O) groups is 2. The molecule has 0 saturated heterocycles. The monoisotopic (exact) mass is 234 g/mol. The predicted molar refractivity (Wildman–Crippen MR) is 65.8 cm³/mol. The van der Waals surface area contributed by atoms with Crippen molar-refractivity contribution in [1.29, 1.82) is 0 Å². The molecule has 1 amide bonds. The normalized spacial score (nSPS) is 11.1. The van der Waals surface area contributed by atoms with Crippen LogP contribution in [0.15, 0.2) is 18.3 Å². The summed E-state index contributed by atoms with van der Waals surface area (Å²) in [6.07, 6.45) is 1.56. The fraction of sp³-hybridized carbons (Fsp3) is 0.462. The summed E-state index contributed by atoms with van der Waals surface area (Å²) in [6, 6.07) is 3.58. The molecule has 0 saturated carbocycles. The first-order valence-electron chi connectivity index (χ1n) is 5.55. The van der Waals surface area contributed by atoms with Crippen molar-refractivity contribution >= 4 is 11.7 Å². The fourth-order valence-corrected chi connectivity index (χ4v) is 1.23. The first kappa shape index (κ1) is 13.4. The zero-order chi connectivity index (χ0) is 13.1. The lowest BCUT2D eigenvalue weighted by atomic mass is 9.91. The first-order valence-corrected chi connectivity index (χ1v) is 5.55. The van der Waals surface area contributed by atoms with E-state index in [1.165, 1.54) is 0 Å². The predicted octanol–water partition coefficient (Wildman–Crippen LogP) is 1.74. The number of amides is 1. The van der Waals surface area contributed by atoms with Gasteiger partial charge in [0.15, 0.2) is 5.78 Å². The van der Waals surface area contributed by atoms with E-state index >= 15 is 0 Å². The van der Waals surface area contributed by atoms with Crippen molar-refractivity contribution in [3.8, 4) is 0 Å². The number of carbonyl (C=O) groups excluding carboxylic acids is 2. The van der Waals surface area contributed by atoms with Gasteiger partial charge in [0.05, 0.1) is 6.54 Å². The molecule has 17 heavy (non-hydrogen) atoms. The van der Waals surface area contributed by atoms with Crippen molar-refractivity contribution in [1.82, 2.24) is 10.3 Å². The van der Waals surface area contributed by atoms with Crippen molar-refractivity contribution < 1.29 is 9.59 Å². The Kier molecular flexibility index (Phi) is 3.99. The van der Waals surface area contributed by atoms with Crippen molar-refractivity contribution in [3.63, 3.8) is 0 Å². The van der Waals surface area contributed by atoms with E-state index in [4.69, 9.17) is 0 Å². The summed E-state index contributed by atoms with van der Waals surface area (Å²) in [5.41, 5.74) is 0.731. The molecule has 92 valence electrons. The van der Waals surface area contributed by atoms with Crippen molar-refractivity contribution in [2.45, 2.75) is 27.7 Å². The van der Waals surface area contributed by atoms with E-state index in [0.29, 0.717) is 5.69 Å². The van der Waals surface area contributed by atoms with Crippen LogP contribution in [0.3, 0.4) is 0 Å². The Morgan fingerprint density at radius 2 is 2.00 bits per heavy atom. The Balaban J connectivity index is 2.63. The van der Waals surface area contributed by atoms with Crippen LogP contribution < -0.4 is 5.32 Å². The Hall–Kier alpha value is -1.71. The van der Waals surface area contributed by atoms with Crippen LogP contribution in [-0.2, 0) is 4.79 Å². The molecule has 0 aliphatic rings. The Labute approximate surface area is 101 Å². The van der Waals surface area contributed by atoms with Gasteiger partial charge < -0.3 is 5.32 Å². The minimum absolute atomic E-state index is 0.000524. The lowest BCUT2D eigenvalue weighted by Gasteiger charge is -2.16. The molecule has 0 unspecified atom stereocenters. The van der Waals surface area contributed by atoms with Gasteiger partial charge in [-0.05, 0) is 18.6 Å². The number of nitrogens with zero attached hydrogens (tertiary/aromatic N) is 1. The molecule has 0 bridgehead atoms. The second-order valence-electron chi connectivity index (χ2n) is 5.02. The number of pyridine rings is 1. The highest BCUT2D eigenvalue weighted by atomic mass is 16.2. The molecule has 0 aliphatic heterocycles. The third-order valence-corrected chi connectivity index (χ3v) is 2.47. The van der Waals surface area contributed by atoms with E-state index in [1.54, 1.807) is 12.3 Å². The SMILES string of the molecule is Cc1cccnc1C(=O)NCC(=O)C(C)(C)C. The van der Waals surface area contributed by atoms with Gasteiger partial charge in [-0.1, -0.05) is 26.8 Å². The largest absolute Gasteiger partial charge is 0.344 e. The third-order valence-electron chi connectivity index (χ3n) is 2.47. The number of hydrogen-bond acceptors (Lipinski definition) is 3. The summed E-state index contributed by atoms with van der Waals surface area (Å²) < 4.78 is 0. The highest BCUT2D eigenvalue weighted by molar-refractivity contribution is 5.97. The van der Waals surface area contributed by atoms with E-state index in [-0.39, 0.29) is 18.2 Å². The van der Waals surface area contributed by atoms with Crippen LogP contribution in [0.1, 0.15) is 36.8 Å². The molecule has 1 aromatic rings. The second-order valence-corrected chi connectivity index (χ2v) is 5.02. The summed E-state index contributed by atoms with van der Waals surface area (Å²) in [6.45, 7) is 7.33. The molecule has 1 heterocycles. The molecule has 1 aromatic heterocycles. The highest BCUT2D eigenvalue weighted by Crippen LogP contribution is 2.13. The van der Waals surface area contributed by atoms with Crippen LogP contribution in [-0.4, -0.2) is 23.2 Å². The van der Waals surface area contributed by atoms with E-state index in [2.05, 4.69) is 10.3 Å². The van der Waals surface area contributed by atoms with Crippen molar-refractivity contribution in [2.75, 3.05) is 6.54 Å². The van der Waals surface area contributed by atoms with Gasteiger partial charge in [-0.2, -0.15) is 0 Å². The molecule has 0 aromatic carbocycles. The summed E-state index contributed by atoms with van der Waals surface area (Å²) >= 11 is 0. The standard InChI is InChI=1S/C13H18N2O2/c1-9-6-5-7-14-11(9)12(17)15-8-10(16)13(2,3)4/h5-7H,8H2,1-4H3,(H,15,17). The Morgan fingerprint density at radius 3 is 2.53 bits per heavy atom. The molecule has 4 nitrogen and oxygen atoms in total. The maximum absolute atomic E-state index is 11.8. The second kappa shape index (κ2) is 5.08. The molecular formula is C13H18N2O2. The van der Waals surface area contributed by atoms with Crippen molar-refractivity contribution in [2.24, 2.45) is 5.41 Å². The molecule has 0 radical (unpaired) electrons. The summed E-state index contributed by atoms with van der Waals surface area (Å²) in [5, 5.41) is 2.60. The van der Waals surface area contributed by atoms with Gasteiger partial charge in [-0.15, -0.1) is 0 Å². The molecule has 1 rings (SSSR count). The smallest absolute Gasteiger partial charge is 0.270 e. The number of aryl methyl sites for hydroxylation is 1. The zero-order valence-electron chi connectivity index (χ0n) is 10.7. The molecule has 1 N–H and O–H groups in total. The molecule has 0 fully saturated rings. The van der Waals surface area contributed by atoms with Crippen LogP contribution in [0.5, 0.6) is 0 Å². The summed E-state index contributed by atoms with van der Waals surface area (Å²) in [4.78, 5) is 27.4. The van der Waals surface area contributed by atoms with Crippen LogP contribution in [0.2, 0.25) is 0 Å². The maximum Gasteiger partial charge on any atom is 0.270 e. The van der Waals surface area contributed by atoms with E-state index in [0.717, 1.165) is 5.56 Å². The minimum atomic E-state index is -0.438. The summed E-state index contributed by atoms with van der Waals surface area (Å²) in [7, 11) is 0. The van der Waals surface area contributed by atoms with Gasteiger partial charge in [0.1, 0.15) is 5.69 Å². The average Bonchev–Trinajstić information content (AvgIpc) is 2.24. The van der Waals surface area contributed by atoms with Gasteiger partial charge >= 0.3 is 0 Å². The number of rotatable bonds is 3. The third kappa shape index (κ3) is 3.66. The van der Waals surface area contributed by atoms with Crippen LogP contribution in [0, 0.1) is 12.3 Å². The molecular weight excluding hydrogens is 216 g/mol. The summed E-state index contributed by atoms with van der Waals surface area (Å²) in [5.74, 6) is -0.305. The molecule has 0 aliphatic carbocycles. The van der Waals surface area contributed by atoms with Gasteiger partial charge in [0.25, 0.3) is 5.91 Å². The molecule has 0 spiro atoms. The van der Waals surface area contributed by atoms with Gasteiger partial charge in [0.2, 0.25) is 0 Å². The van der Waals surface area contributed by atoms with Crippen LogP contribution >= 0.6 is 0 Å². The topological polar surface area (TPSA) is 59.1 Å². The fourth-order valence-electron chi connectivity index (χ4n) is 1.23. The number of ketones is 1. The number of hydrogen-bond donors (Lipinski definition) is 1. The van der Waals surface area contributed by atoms with Crippen LogP contribution in [0.25, 0.3) is 0 Å². The highest BCUT2D eigenvalue weighted by Gasteiger charge is 2.21. The number of Topliss-reactive ketones (excluding diaryl/α,β-unsaturated/α-hetero) is 1. The van der Waals surface area contributed by atoms with Crippen LogP contribution in [0.4, 0.5) is 0 Å². The quantitative estimate of drug-likeness (QED) is 0.866. The first-order chi connectivity index (χ1) is 7.82. The van der Waals surface area contributed by atoms with Crippen molar-refractivity contribution in [3.05, 3.63) is 29.6 Å². The van der Waals surface area contributed by atoms with Gasteiger partial charge in [-0.25, -0.2) is 0 Å². The lowest BCUT2D eigenvalue weighted by Crippen LogP contribution is -2.36. The van der Waals surface area contributed by atoms with E-state index < -0.39 is 5.41 Å². The lowest BCUT2D eigenvalue weighted by molar-refractivity contribution is -0.125. The average molecular weight is 234 g/mol. The minimum Gasteiger partial charge on any atom is -0.344 e. The Morgan fingerprint density at radius 1 is 1.35 bits per heavy atom. The van der Waals surface area contributed by atoms with E-state index in [9.17, 15) is 9.59 Å². The molecule has 0 atom stereocenters. The Bertz CT molecular complexity index is 433. The van der Waals surface area contributed by atoms with Gasteiger partial charge in [-0.3, -0.25) is 14.6 Å². The van der Waals surface area contributed by atoms with Gasteiger partial charge in [0, 0.05) is 11.6 Å².